The maximum atomic E-state index is 12.8. The summed E-state index contributed by atoms with van der Waals surface area (Å²) in [5.41, 5.74) is 1.40. The van der Waals surface area contributed by atoms with Gasteiger partial charge in [-0.1, -0.05) is 51.7 Å². The predicted molar refractivity (Wildman–Crippen MR) is 127 cm³/mol. The lowest BCUT2D eigenvalue weighted by Crippen LogP contribution is -2.32. The van der Waals surface area contributed by atoms with Crippen molar-refractivity contribution >= 4 is 11.6 Å². The van der Waals surface area contributed by atoms with Crippen LogP contribution in [0.15, 0.2) is 24.3 Å². The van der Waals surface area contributed by atoms with Gasteiger partial charge in [0.25, 0.3) is 0 Å². The fraction of sp³-hybridized carbons (Fsp3) is 0.714. The Kier molecular flexibility index (Phi) is 9.61. The predicted octanol–water partition coefficient (Wildman–Crippen LogP) is 7.27. The monoisotopic (exact) mass is 426 g/mol. The highest BCUT2D eigenvalue weighted by Crippen LogP contribution is 2.39. The SMILES string of the molecule is CCCCCCOc1ccc(C2CCC(CC(=O)C3CCC(CC)CC3=O)CC2)cc1. The fourth-order valence-electron chi connectivity index (χ4n) is 5.46. The first-order chi connectivity index (χ1) is 15.1. The van der Waals surface area contributed by atoms with E-state index >= 15 is 0 Å². The number of benzene rings is 1. The van der Waals surface area contributed by atoms with Crippen LogP contribution in [-0.2, 0) is 9.59 Å². The minimum atomic E-state index is -0.296. The molecule has 0 aromatic heterocycles. The van der Waals surface area contributed by atoms with Crippen LogP contribution in [-0.4, -0.2) is 18.2 Å². The van der Waals surface area contributed by atoms with Crippen LogP contribution < -0.4 is 4.74 Å². The Bertz CT molecular complexity index is 685. The molecule has 2 saturated carbocycles. The van der Waals surface area contributed by atoms with Gasteiger partial charge in [-0.25, -0.2) is 0 Å². The van der Waals surface area contributed by atoms with Crippen LogP contribution in [0, 0.1) is 17.8 Å². The van der Waals surface area contributed by atoms with Gasteiger partial charge in [-0.3, -0.25) is 9.59 Å². The molecule has 2 unspecified atom stereocenters. The molecule has 0 spiro atoms. The number of rotatable bonds is 11. The van der Waals surface area contributed by atoms with Crippen molar-refractivity contribution in [1.29, 1.82) is 0 Å². The standard InChI is InChI=1S/C28H42O3/c1-3-5-6-7-18-31-25-15-13-24(14-16-25)23-11-8-22(9-12-23)20-28(30)26-17-10-21(4-2)19-27(26)29/h13-16,21-23,26H,3-12,17-20H2,1-2H3. The minimum Gasteiger partial charge on any atom is -0.494 e. The quantitative estimate of drug-likeness (QED) is 0.276. The third kappa shape index (κ3) is 7.19. The number of ether oxygens (including phenoxy) is 1. The molecule has 1 aromatic carbocycles. The topological polar surface area (TPSA) is 43.4 Å². The van der Waals surface area contributed by atoms with Crippen LogP contribution >= 0.6 is 0 Å². The largest absolute Gasteiger partial charge is 0.494 e. The molecule has 2 atom stereocenters. The third-order valence-corrected chi connectivity index (χ3v) is 7.66. The lowest BCUT2D eigenvalue weighted by molar-refractivity contribution is -0.136. The normalized spacial score (nSPS) is 26.6. The van der Waals surface area contributed by atoms with Crippen molar-refractivity contribution in [2.75, 3.05) is 6.61 Å². The van der Waals surface area contributed by atoms with Gasteiger partial charge in [-0.05, 0) is 80.4 Å². The summed E-state index contributed by atoms with van der Waals surface area (Å²) in [5.74, 6) is 2.67. The minimum absolute atomic E-state index is 0.212. The Morgan fingerprint density at radius 2 is 1.61 bits per heavy atom. The van der Waals surface area contributed by atoms with Crippen molar-refractivity contribution in [3.05, 3.63) is 29.8 Å². The van der Waals surface area contributed by atoms with E-state index in [0.29, 0.717) is 30.6 Å². The van der Waals surface area contributed by atoms with Crippen LogP contribution in [0.3, 0.4) is 0 Å². The summed E-state index contributed by atoms with van der Waals surface area (Å²) >= 11 is 0. The van der Waals surface area contributed by atoms with Crippen molar-refractivity contribution in [1.82, 2.24) is 0 Å². The van der Waals surface area contributed by atoms with E-state index in [2.05, 4.69) is 38.1 Å². The van der Waals surface area contributed by atoms with E-state index < -0.39 is 0 Å². The lowest BCUT2D eigenvalue weighted by atomic mass is 9.73. The summed E-state index contributed by atoms with van der Waals surface area (Å²) in [7, 11) is 0. The second-order valence-corrected chi connectivity index (χ2v) is 9.94. The highest BCUT2D eigenvalue weighted by atomic mass is 16.5. The highest BCUT2D eigenvalue weighted by molar-refractivity contribution is 6.02. The van der Waals surface area contributed by atoms with E-state index in [-0.39, 0.29) is 17.5 Å². The van der Waals surface area contributed by atoms with Gasteiger partial charge < -0.3 is 4.74 Å². The smallest absolute Gasteiger partial charge is 0.143 e. The van der Waals surface area contributed by atoms with E-state index in [1.54, 1.807) is 0 Å². The van der Waals surface area contributed by atoms with E-state index in [9.17, 15) is 9.59 Å². The molecule has 2 fully saturated rings. The molecule has 2 aliphatic rings. The van der Waals surface area contributed by atoms with Gasteiger partial charge >= 0.3 is 0 Å². The second kappa shape index (κ2) is 12.4. The Morgan fingerprint density at radius 3 is 2.26 bits per heavy atom. The number of ketones is 2. The first-order valence-corrected chi connectivity index (χ1v) is 12.9. The Balaban J connectivity index is 1.39. The molecule has 31 heavy (non-hydrogen) atoms. The molecule has 0 heterocycles. The summed E-state index contributed by atoms with van der Waals surface area (Å²) in [6.45, 7) is 5.18. The summed E-state index contributed by atoms with van der Waals surface area (Å²) in [6, 6.07) is 8.68. The molecule has 0 saturated heterocycles. The Hall–Kier alpha value is -1.64. The van der Waals surface area contributed by atoms with E-state index in [0.717, 1.165) is 63.7 Å². The van der Waals surface area contributed by atoms with Crippen molar-refractivity contribution in [3.8, 4) is 5.75 Å². The maximum absolute atomic E-state index is 12.8. The summed E-state index contributed by atoms with van der Waals surface area (Å²) in [4.78, 5) is 25.2. The summed E-state index contributed by atoms with van der Waals surface area (Å²) < 4.78 is 5.87. The molecular weight excluding hydrogens is 384 g/mol. The Morgan fingerprint density at radius 1 is 0.903 bits per heavy atom. The van der Waals surface area contributed by atoms with Crippen molar-refractivity contribution in [2.24, 2.45) is 17.8 Å². The fourth-order valence-corrected chi connectivity index (χ4v) is 5.46. The molecule has 3 nitrogen and oxygen atoms in total. The average Bonchev–Trinajstić information content (AvgIpc) is 2.79. The van der Waals surface area contributed by atoms with Crippen molar-refractivity contribution in [3.63, 3.8) is 0 Å². The first kappa shape index (κ1) is 24.0. The number of hydrogen-bond donors (Lipinski definition) is 0. The molecule has 0 amide bonds. The molecule has 172 valence electrons. The molecule has 3 rings (SSSR count). The van der Waals surface area contributed by atoms with E-state index in [4.69, 9.17) is 4.74 Å². The van der Waals surface area contributed by atoms with Gasteiger partial charge in [0, 0.05) is 12.8 Å². The zero-order chi connectivity index (χ0) is 22.1. The highest BCUT2D eigenvalue weighted by Gasteiger charge is 2.34. The zero-order valence-corrected chi connectivity index (χ0v) is 19.7. The molecule has 1 aromatic rings. The van der Waals surface area contributed by atoms with Crippen molar-refractivity contribution < 1.29 is 14.3 Å². The molecule has 3 heteroatoms. The molecule has 0 N–H and O–H groups in total. The van der Waals surface area contributed by atoms with Crippen LogP contribution in [0.5, 0.6) is 5.75 Å². The van der Waals surface area contributed by atoms with Crippen LogP contribution in [0.4, 0.5) is 0 Å². The second-order valence-electron chi connectivity index (χ2n) is 9.94. The number of unbranched alkanes of at least 4 members (excludes halogenated alkanes) is 3. The van der Waals surface area contributed by atoms with E-state index in [1.165, 1.54) is 24.8 Å². The third-order valence-electron chi connectivity index (χ3n) is 7.66. The number of carbonyl (C=O) groups is 2. The Labute approximate surface area is 189 Å². The molecule has 0 aliphatic heterocycles. The van der Waals surface area contributed by atoms with E-state index in [1.807, 2.05) is 0 Å². The molecular formula is C28H42O3. The maximum Gasteiger partial charge on any atom is 0.143 e. The average molecular weight is 427 g/mol. The lowest BCUT2D eigenvalue weighted by Gasteiger charge is -2.30. The van der Waals surface area contributed by atoms with Crippen LogP contribution in [0.25, 0.3) is 0 Å². The van der Waals surface area contributed by atoms with Gasteiger partial charge in [0.05, 0.1) is 12.5 Å². The van der Waals surface area contributed by atoms with Crippen LogP contribution in [0.2, 0.25) is 0 Å². The van der Waals surface area contributed by atoms with Crippen LogP contribution in [0.1, 0.15) is 109 Å². The van der Waals surface area contributed by atoms with Gasteiger partial charge in [0.1, 0.15) is 17.3 Å². The summed E-state index contributed by atoms with van der Waals surface area (Å²) in [5, 5.41) is 0. The first-order valence-electron chi connectivity index (χ1n) is 12.9. The van der Waals surface area contributed by atoms with Crippen molar-refractivity contribution in [2.45, 2.75) is 103 Å². The number of carbonyl (C=O) groups excluding carboxylic acids is 2. The van der Waals surface area contributed by atoms with Gasteiger partial charge in [0.15, 0.2) is 0 Å². The molecule has 0 bridgehead atoms. The molecule has 2 aliphatic carbocycles. The number of Topliss-reactive ketones (excluding diaryl/α,β-unsaturated/α-hetero) is 2. The zero-order valence-electron chi connectivity index (χ0n) is 19.7. The van der Waals surface area contributed by atoms with Gasteiger partial charge in [-0.2, -0.15) is 0 Å². The summed E-state index contributed by atoms with van der Waals surface area (Å²) in [6.07, 6.45) is 13.5. The van der Waals surface area contributed by atoms with Gasteiger partial charge in [-0.15, -0.1) is 0 Å². The molecule has 0 radical (unpaired) electrons. The number of hydrogen-bond acceptors (Lipinski definition) is 3. The van der Waals surface area contributed by atoms with Gasteiger partial charge in [0.2, 0.25) is 0 Å².